The molecule has 1 aromatic carbocycles. The first kappa shape index (κ1) is 18.4. The summed E-state index contributed by atoms with van der Waals surface area (Å²) in [7, 11) is 0. The van der Waals surface area contributed by atoms with Gasteiger partial charge in [0, 0.05) is 11.5 Å². The Hall–Kier alpha value is -2.43. The van der Waals surface area contributed by atoms with Gasteiger partial charge in [-0.15, -0.1) is 0 Å². The molecule has 2 atom stereocenters. The van der Waals surface area contributed by atoms with Crippen molar-refractivity contribution in [1.82, 2.24) is 0 Å². The van der Waals surface area contributed by atoms with Gasteiger partial charge in [0.2, 0.25) is 0 Å². The van der Waals surface area contributed by atoms with E-state index in [4.69, 9.17) is 9.47 Å². The number of hydrogen-bond donors (Lipinski definition) is 0. The molecule has 138 valence electrons. The third-order valence-corrected chi connectivity index (χ3v) is 5.49. The molecule has 0 heterocycles. The minimum absolute atomic E-state index is 0.0810. The van der Waals surface area contributed by atoms with Gasteiger partial charge in [0.15, 0.2) is 11.2 Å². The van der Waals surface area contributed by atoms with Crippen LogP contribution in [0.5, 0.6) is 0 Å². The molecule has 2 aliphatic rings. The van der Waals surface area contributed by atoms with Crippen LogP contribution in [0.15, 0.2) is 35.9 Å². The number of esters is 2. The highest BCUT2D eigenvalue weighted by Gasteiger charge is 2.60. The highest BCUT2D eigenvalue weighted by Crippen LogP contribution is 2.56. The molecule has 3 rings (SSSR count). The van der Waals surface area contributed by atoms with Crippen molar-refractivity contribution in [3.05, 3.63) is 41.5 Å². The fourth-order valence-corrected chi connectivity index (χ4v) is 4.21. The number of allylic oxidation sites excluding steroid dienone is 2. The Labute approximate surface area is 153 Å². The van der Waals surface area contributed by atoms with Crippen LogP contribution >= 0.6 is 0 Å². The standard InChI is InChI=1S/C21H24O5/c1-4-25-19(23)21(20(24)26-5-2)11-15-13(3)18(22)17(16(15)12-21)14-9-7-6-8-10-14/h6-10,13,15H,4-5,11-12H2,1-3H3/t13-,15-/m0/s1. The lowest BCUT2D eigenvalue weighted by Crippen LogP contribution is -2.40. The minimum Gasteiger partial charge on any atom is -0.465 e. The third-order valence-electron chi connectivity index (χ3n) is 5.49. The molecule has 0 bridgehead atoms. The Morgan fingerprint density at radius 3 is 2.19 bits per heavy atom. The summed E-state index contributed by atoms with van der Waals surface area (Å²) in [6.45, 7) is 5.70. The lowest BCUT2D eigenvalue weighted by atomic mass is 9.81. The van der Waals surface area contributed by atoms with Crippen LogP contribution in [0.1, 0.15) is 39.2 Å². The van der Waals surface area contributed by atoms with Crippen molar-refractivity contribution in [2.75, 3.05) is 13.2 Å². The van der Waals surface area contributed by atoms with Crippen molar-refractivity contribution in [1.29, 1.82) is 0 Å². The molecule has 0 aliphatic heterocycles. The Morgan fingerprint density at radius 2 is 1.65 bits per heavy atom. The molecular formula is C21H24O5. The number of benzene rings is 1. The van der Waals surface area contributed by atoms with Gasteiger partial charge in [0.25, 0.3) is 0 Å². The number of rotatable bonds is 5. The Balaban J connectivity index is 2.08. The number of fused-ring (bicyclic) bond motifs is 1. The van der Waals surface area contributed by atoms with Crippen molar-refractivity contribution < 1.29 is 23.9 Å². The monoisotopic (exact) mass is 356 g/mol. The average Bonchev–Trinajstić information content (AvgIpc) is 3.13. The number of carbonyl (C=O) groups excluding carboxylic acids is 3. The van der Waals surface area contributed by atoms with Gasteiger partial charge in [0.1, 0.15) is 0 Å². The molecule has 1 saturated carbocycles. The molecule has 5 nitrogen and oxygen atoms in total. The van der Waals surface area contributed by atoms with Gasteiger partial charge in [-0.3, -0.25) is 14.4 Å². The van der Waals surface area contributed by atoms with E-state index in [0.717, 1.165) is 11.1 Å². The van der Waals surface area contributed by atoms with Crippen LogP contribution in [0.25, 0.3) is 5.57 Å². The second kappa shape index (κ2) is 7.06. The van der Waals surface area contributed by atoms with Crippen molar-refractivity contribution >= 4 is 23.3 Å². The SMILES string of the molecule is CCOC(=O)C1(C(=O)OCC)CC2=C(c3ccccc3)C(=O)[C@@H](C)[C@@H]2C1. The lowest BCUT2D eigenvalue weighted by molar-refractivity contribution is -0.172. The first-order chi connectivity index (χ1) is 12.5. The Morgan fingerprint density at radius 1 is 1.08 bits per heavy atom. The summed E-state index contributed by atoms with van der Waals surface area (Å²) in [5.41, 5.74) is 1.03. The van der Waals surface area contributed by atoms with E-state index in [2.05, 4.69) is 0 Å². The molecule has 0 amide bonds. The molecule has 26 heavy (non-hydrogen) atoms. The minimum atomic E-state index is -1.35. The van der Waals surface area contributed by atoms with Crippen LogP contribution in [-0.4, -0.2) is 30.9 Å². The highest BCUT2D eigenvalue weighted by molar-refractivity contribution is 6.25. The normalized spacial score (nSPS) is 23.7. The fraction of sp³-hybridized carbons (Fsp3) is 0.476. The van der Waals surface area contributed by atoms with Crippen LogP contribution in [0.2, 0.25) is 0 Å². The quantitative estimate of drug-likeness (QED) is 0.599. The van der Waals surface area contributed by atoms with Gasteiger partial charge in [-0.05, 0) is 38.2 Å². The molecule has 0 aromatic heterocycles. The predicted molar refractivity (Wildman–Crippen MR) is 96.0 cm³/mol. The van der Waals surface area contributed by atoms with Gasteiger partial charge in [-0.2, -0.15) is 0 Å². The third kappa shape index (κ3) is 2.75. The summed E-state index contributed by atoms with van der Waals surface area (Å²) >= 11 is 0. The highest BCUT2D eigenvalue weighted by atomic mass is 16.6. The number of ketones is 1. The smallest absolute Gasteiger partial charge is 0.323 e. The van der Waals surface area contributed by atoms with Gasteiger partial charge in [-0.25, -0.2) is 0 Å². The van der Waals surface area contributed by atoms with E-state index in [1.807, 2.05) is 37.3 Å². The molecule has 0 spiro atoms. The van der Waals surface area contributed by atoms with Crippen LogP contribution in [-0.2, 0) is 23.9 Å². The van der Waals surface area contributed by atoms with E-state index in [1.54, 1.807) is 13.8 Å². The molecule has 2 aliphatic carbocycles. The fourth-order valence-electron chi connectivity index (χ4n) is 4.21. The van der Waals surface area contributed by atoms with Crippen LogP contribution in [0.3, 0.4) is 0 Å². The summed E-state index contributed by atoms with van der Waals surface area (Å²) < 4.78 is 10.4. The zero-order valence-electron chi connectivity index (χ0n) is 15.4. The van der Waals surface area contributed by atoms with Gasteiger partial charge in [-0.1, -0.05) is 42.8 Å². The Bertz CT molecular complexity index is 744. The number of carbonyl (C=O) groups is 3. The first-order valence-electron chi connectivity index (χ1n) is 9.13. The van der Waals surface area contributed by atoms with E-state index < -0.39 is 17.4 Å². The topological polar surface area (TPSA) is 69.7 Å². The largest absolute Gasteiger partial charge is 0.465 e. The molecular weight excluding hydrogens is 332 g/mol. The summed E-state index contributed by atoms with van der Waals surface area (Å²) in [6.07, 6.45) is 0.457. The van der Waals surface area contributed by atoms with E-state index in [-0.39, 0.29) is 43.7 Å². The molecule has 0 N–H and O–H groups in total. The number of hydrogen-bond acceptors (Lipinski definition) is 5. The second-order valence-electron chi connectivity index (χ2n) is 6.93. The molecule has 1 fully saturated rings. The zero-order chi connectivity index (χ0) is 18.9. The first-order valence-corrected chi connectivity index (χ1v) is 9.13. The summed E-state index contributed by atoms with van der Waals surface area (Å²) in [5, 5.41) is 0. The summed E-state index contributed by atoms with van der Waals surface area (Å²) in [5.74, 6) is -1.41. The molecule has 0 unspecified atom stereocenters. The predicted octanol–water partition coefficient (Wildman–Crippen LogP) is 3.18. The van der Waals surface area contributed by atoms with E-state index in [1.165, 1.54) is 0 Å². The maximum absolute atomic E-state index is 12.8. The maximum Gasteiger partial charge on any atom is 0.323 e. The lowest BCUT2D eigenvalue weighted by Gasteiger charge is -2.25. The summed E-state index contributed by atoms with van der Waals surface area (Å²) in [6, 6.07) is 9.44. The van der Waals surface area contributed by atoms with E-state index >= 15 is 0 Å². The van der Waals surface area contributed by atoms with Crippen LogP contribution in [0, 0.1) is 17.3 Å². The molecule has 5 heteroatoms. The van der Waals surface area contributed by atoms with Crippen molar-refractivity contribution in [2.24, 2.45) is 17.3 Å². The van der Waals surface area contributed by atoms with Gasteiger partial charge in [0.05, 0.1) is 13.2 Å². The average molecular weight is 356 g/mol. The molecule has 0 radical (unpaired) electrons. The van der Waals surface area contributed by atoms with E-state index in [0.29, 0.717) is 5.57 Å². The maximum atomic E-state index is 12.8. The van der Waals surface area contributed by atoms with Gasteiger partial charge >= 0.3 is 11.9 Å². The van der Waals surface area contributed by atoms with E-state index in [9.17, 15) is 14.4 Å². The molecule has 0 saturated heterocycles. The van der Waals surface area contributed by atoms with Crippen molar-refractivity contribution in [2.45, 2.75) is 33.6 Å². The second-order valence-corrected chi connectivity index (χ2v) is 6.93. The van der Waals surface area contributed by atoms with Crippen LogP contribution in [0.4, 0.5) is 0 Å². The zero-order valence-corrected chi connectivity index (χ0v) is 15.4. The Kier molecular flexibility index (Phi) is 4.99. The summed E-state index contributed by atoms with van der Waals surface area (Å²) in [4.78, 5) is 38.3. The van der Waals surface area contributed by atoms with Crippen molar-refractivity contribution in [3.8, 4) is 0 Å². The number of Topliss-reactive ketones (excluding diaryl/α,β-unsaturated/α-hetero) is 1. The number of ether oxygens (including phenoxy) is 2. The molecule has 1 aromatic rings. The van der Waals surface area contributed by atoms with Gasteiger partial charge < -0.3 is 9.47 Å². The van der Waals surface area contributed by atoms with Crippen molar-refractivity contribution in [3.63, 3.8) is 0 Å². The van der Waals surface area contributed by atoms with Crippen LogP contribution < -0.4 is 0 Å².